The third-order valence-electron chi connectivity index (χ3n) is 1.22. The fourth-order valence-corrected chi connectivity index (χ4v) is 2.62. The molecule has 0 N–H and O–H groups in total. The van der Waals surface area contributed by atoms with Gasteiger partial charge >= 0.3 is 62.9 Å². The number of hydrogen-bond donors (Lipinski definition) is 0. The SMILES string of the molecule is C=[CH][Zn][c]1ccccc1. The second-order valence-corrected chi connectivity index (χ2v) is 5.76. The molecule has 0 unspecified atom stereocenters. The molecule has 0 aromatic heterocycles. The summed E-state index contributed by atoms with van der Waals surface area (Å²) in [5, 5.41) is 0. The second kappa shape index (κ2) is 3.58. The van der Waals surface area contributed by atoms with E-state index in [1.54, 1.807) is 0 Å². The fraction of sp³-hybridized carbons (Fsp3) is 0. The minimum atomic E-state index is -0.526. The van der Waals surface area contributed by atoms with Crippen LogP contribution in [0.3, 0.4) is 0 Å². The van der Waals surface area contributed by atoms with E-state index in [-0.39, 0.29) is 0 Å². The number of hydrogen-bond acceptors (Lipinski definition) is 0. The van der Waals surface area contributed by atoms with E-state index in [1.165, 1.54) is 4.16 Å². The van der Waals surface area contributed by atoms with E-state index < -0.39 is 17.1 Å². The summed E-state index contributed by atoms with van der Waals surface area (Å²) < 4.78 is 3.61. The van der Waals surface area contributed by atoms with E-state index in [2.05, 4.69) is 41.6 Å². The van der Waals surface area contributed by atoms with Gasteiger partial charge in [0.1, 0.15) is 0 Å². The molecule has 0 aliphatic carbocycles. The maximum atomic E-state index is 3.74. The molecule has 0 amide bonds. The van der Waals surface area contributed by atoms with Crippen LogP contribution in [0, 0.1) is 0 Å². The van der Waals surface area contributed by atoms with Crippen molar-refractivity contribution in [1.82, 2.24) is 0 Å². The predicted octanol–water partition coefficient (Wildman–Crippen LogP) is 1.54. The molecular weight excluding hydrogens is 161 g/mol. The van der Waals surface area contributed by atoms with E-state index in [0.717, 1.165) is 0 Å². The quantitative estimate of drug-likeness (QED) is 0.589. The molecule has 0 aliphatic heterocycles. The third kappa shape index (κ3) is 2.11. The van der Waals surface area contributed by atoms with Crippen molar-refractivity contribution >= 4 is 4.16 Å². The third-order valence-corrected chi connectivity index (χ3v) is 3.81. The molecule has 0 saturated heterocycles. The van der Waals surface area contributed by atoms with Crippen LogP contribution in [0.15, 0.2) is 41.6 Å². The van der Waals surface area contributed by atoms with Gasteiger partial charge in [0.25, 0.3) is 0 Å². The summed E-state index contributed by atoms with van der Waals surface area (Å²) in [5.74, 6) is 0. The van der Waals surface area contributed by atoms with Gasteiger partial charge in [-0.05, 0) is 0 Å². The van der Waals surface area contributed by atoms with Crippen molar-refractivity contribution in [3.63, 3.8) is 0 Å². The van der Waals surface area contributed by atoms with Gasteiger partial charge in [-0.3, -0.25) is 0 Å². The van der Waals surface area contributed by atoms with Crippen molar-refractivity contribution in [2.75, 3.05) is 0 Å². The Morgan fingerprint density at radius 2 is 1.89 bits per heavy atom. The van der Waals surface area contributed by atoms with Gasteiger partial charge in [0, 0.05) is 0 Å². The van der Waals surface area contributed by atoms with Crippen LogP contribution >= 0.6 is 0 Å². The Morgan fingerprint density at radius 3 is 2.44 bits per heavy atom. The van der Waals surface area contributed by atoms with Crippen LogP contribution < -0.4 is 4.16 Å². The van der Waals surface area contributed by atoms with Crippen LogP contribution in [0.4, 0.5) is 0 Å². The Kier molecular flexibility index (Phi) is 2.66. The summed E-state index contributed by atoms with van der Waals surface area (Å²) in [4.78, 5) is 0. The molecule has 0 fully saturated rings. The van der Waals surface area contributed by atoms with E-state index in [4.69, 9.17) is 0 Å². The van der Waals surface area contributed by atoms with Crippen LogP contribution in [0.25, 0.3) is 0 Å². The zero-order valence-electron chi connectivity index (χ0n) is 5.38. The van der Waals surface area contributed by atoms with Gasteiger partial charge in [0.05, 0.1) is 0 Å². The van der Waals surface area contributed by atoms with Crippen LogP contribution in [0.1, 0.15) is 0 Å². The molecular formula is C8H8Zn. The Bertz CT molecular complexity index is 179. The molecule has 0 nitrogen and oxygen atoms in total. The average molecular weight is 170 g/mol. The van der Waals surface area contributed by atoms with Crippen molar-refractivity contribution in [1.29, 1.82) is 0 Å². The Morgan fingerprint density at radius 1 is 1.22 bits per heavy atom. The Labute approximate surface area is 63.2 Å². The number of benzene rings is 1. The Balaban J connectivity index is 2.72. The minimum absolute atomic E-state index is 0.526. The molecule has 9 heavy (non-hydrogen) atoms. The summed E-state index contributed by atoms with van der Waals surface area (Å²) in [6.45, 7) is 3.74. The van der Waals surface area contributed by atoms with Crippen molar-refractivity contribution in [3.8, 4) is 0 Å². The van der Waals surface area contributed by atoms with Gasteiger partial charge in [-0.2, -0.15) is 0 Å². The first-order valence-corrected chi connectivity index (χ1v) is 6.28. The molecule has 1 aromatic carbocycles. The van der Waals surface area contributed by atoms with Crippen LogP contribution in [-0.2, 0) is 17.1 Å². The van der Waals surface area contributed by atoms with Gasteiger partial charge in [-0.1, -0.05) is 0 Å². The second-order valence-electron chi connectivity index (χ2n) is 1.98. The van der Waals surface area contributed by atoms with Gasteiger partial charge < -0.3 is 0 Å². The summed E-state index contributed by atoms with van der Waals surface area (Å²) in [7, 11) is 0. The van der Waals surface area contributed by atoms with E-state index >= 15 is 0 Å². The molecule has 0 heterocycles. The standard InChI is InChI=1S/C6H5.C2H3.Zn/c1-2-4-6-5-3-1;1-2;/h1-5H;1H,2H2;. The fourth-order valence-electron chi connectivity index (χ4n) is 0.781. The van der Waals surface area contributed by atoms with Gasteiger partial charge in [-0.25, -0.2) is 0 Å². The zero-order chi connectivity index (χ0) is 6.53. The summed E-state index contributed by atoms with van der Waals surface area (Å²) in [5.41, 5.74) is 0. The van der Waals surface area contributed by atoms with Crippen molar-refractivity contribution in [3.05, 3.63) is 41.6 Å². The van der Waals surface area contributed by atoms with Gasteiger partial charge in [0.15, 0.2) is 0 Å². The normalized spacial score (nSPS) is 8.00. The first-order valence-electron chi connectivity index (χ1n) is 3.08. The molecule has 1 heteroatoms. The summed E-state index contributed by atoms with van der Waals surface area (Å²) in [6, 6.07) is 10.6. The molecule has 1 aromatic rings. The zero-order valence-corrected chi connectivity index (χ0v) is 8.35. The molecule has 0 radical (unpaired) electrons. The van der Waals surface area contributed by atoms with E-state index in [0.29, 0.717) is 0 Å². The first-order chi connectivity index (χ1) is 4.43. The topological polar surface area (TPSA) is 0 Å². The van der Waals surface area contributed by atoms with Gasteiger partial charge in [0.2, 0.25) is 0 Å². The first kappa shape index (κ1) is 6.70. The molecule has 0 spiro atoms. The number of rotatable bonds is 2. The molecule has 0 saturated carbocycles. The van der Waals surface area contributed by atoms with Crippen molar-refractivity contribution < 1.29 is 17.1 Å². The molecule has 42 valence electrons. The van der Waals surface area contributed by atoms with Crippen LogP contribution in [0.2, 0.25) is 0 Å². The molecule has 0 atom stereocenters. The van der Waals surface area contributed by atoms with E-state index in [1.807, 2.05) is 0 Å². The van der Waals surface area contributed by atoms with E-state index in [9.17, 15) is 0 Å². The Hall–Kier alpha value is -0.417. The molecule has 0 aliphatic rings. The van der Waals surface area contributed by atoms with Crippen LogP contribution in [0.5, 0.6) is 0 Å². The average Bonchev–Trinajstić information content (AvgIpc) is 1.91. The molecule has 0 bridgehead atoms. The van der Waals surface area contributed by atoms with Crippen molar-refractivity contribution in [2.45, 2.75) is 0 Å². The summed E-state index contributed by atoms with van der Waals surface area (Å²) >= 11 is -0.526. The molecule has 1 rings (SSSR count). The van der Waals surface area contributed by atoms with Crippen LogP contribution in [-0.4, -0.2) is 0 Å². The predicted molar refractivity (Wildman–Crippen MR) is 36.3 cm³/mol. The summed E-state index contributed by atoms with van der Waals surface area (Å²) in [6.07, 6.45) is 0. The monoisotopic (exact) mass is 168 g/mol. The van der Waals surface area contributed by atoms with Gasteiger partial charge in [-0.15, -0.1) is 0 Å². The maximum absolute atomic E-state index is 3.74. The van der Waals surface area contributed by atoms with Crippen molar-refractivity contribution in [2.24, 2.45) is 0 Å².